The lowest BCUT2D eigenvalue weighted by Crippen LogP contribution is -2.37. The molecule has 1 heterocycles. The van der Waals surface area contributed by atoms with Crippen LogP contribution in [0.1, 0.15) is 27.2 Å². The van der Waals surface area contributed by atoms with Crippen molar-refractivity contribution in [2.24, 2.45) is 10.9 Å². The van der Waals surface area contributed by atoms with Gasteiger partial charge in [-0.3, -0.25) is 4.99 Å². The molecule has 0 radical (unpaired) electrons. The van der Waals surface area contributed by atoms with Gasteiger partial charge in [0.2, 0.25) is 0 Å². The summed E-state index contributed by atoms with van der Waals surface area (Å²) in [5, 5.41) is 0. The molecule has 2 heteroatoms. The number of hydrogen-bond acceptors (Lipinski definition) is 2. The van der Waals surface area contributed by atoms with Crippen LogP contribution in [0.2, 0.25) is 0 Å². The molecule has 0 fully saturated rings. The van der Waals surface area contributed by atoms with Crippen molar-refractivity contribution in [2.75, 3.05) is 7.05 Å². The van der Waals surface area contributed by atoms with Crippen LogP contribution in [0.3, 0.4) is 0 Å². The van der Waals surface area contributed by atoms with Gasteiger partial charge >= 0.3 is 0 Å². The second kappa shape index (κ2) is 3.24. The lowest BCUT2D eigenvalue weighted by Gasteiger charge is -2.27. The minimum Gasteiger partial charge on any atom is -0.361 e. The predicted octanol–water partition coefficient (Wildman–Crippen LogP) is 1.76. The van der Waals surface area contributed by atoms with Crippen LogP contribution in [-0.2, 0) is 0 Å². The zero-order valence-corrected chi connectivity index (χ0v) is 7.91. The molecule has 64 valence electrons. The van der Waals surface area contributed by atoms with Crippen molar-refractivity contribution in [1.82, 2.24) is 4.90 Å². The molecule has 0 aliphatic carbocycles. The molecule has 0 saturated heterocycles. The average molecular weight is 154 g/mol. The second-order valence-electron chi connectivity index (χ2n) is 3.64. The molecule has 2 unspecified atom stereocenters. The highest BCUT2D eigenvalue weighted by atomic mass is 15.2. The van der Waals surface area contributed by atoms with Crippen LogP contribution in [0.5, 0.6) is 0 Å². The average Bonchev–Trinajstić information content (AvgIpc) is 2.30. The summed E-state index contributed by atoms with van der Waals surface area (Å²) in [7, 11) is 2.11. The summed E-state index contributed by atoms with van der Waals surface area (Å²) in [6.45, 7) is 6.73. The van der Waals surface area contributed by atoms with Crippen LogP contribution < -0.4 is 0 Å². The Morgan fingerprint density at radius 3 is 2.55 bits per heavy atom. The fraction of sp³-hybridized carbons (Fsp3) is 0.889. The maximum atomic E-state index is 4.44. The van der Waals surface area contributed by atoms with Crippen molar-refractivity contribution < 1.29 is 0 Å². The highest BCUT2D eigenvalue weighted by Gasteiger charge is 2.29. The summed E-state index contributed by atoms with van der Waals surface area (Å²) in [5.74, 6) is 0.701. The van der Waals surface area contributed by atoms with Gasteiger partial charge in [-0.15, -0.1) is 0 Å². The Morgan fingerprint density at radius 1 is 1.55 bits per heavy atom. The van der Waals surface area contributed by atoms with Crippen molar-refractivity contribution in [3.8, 4) is 0 Å². The molecule has 2 atom stereocenters. The summed E-state index contributed by atoms with van der Waals surface area (Å²) in [4.78, 5) is 6.67. The molecule has 0 aromatic rings. The molecule has 0 spiro atoms. The van der Waals surface area contributed by atoms with E-state index in [0.29, 0.717) is 18.0 Å². The lowest BCUT2D eigenvalue weighted by atomic mass is 9.95. The number of hydrogen-bond donors (Lipinski definition) is 0. The van der Waals surface area contributed by atoms with Gasteiger partial charge in [0.25, 0.3) is 0 Å². The Labute approximate surface area is 69.3 Å². The SMILES string of the molecule is CCC1N=CN(C)C1C(C)C. The number of nitrogens with zero attached hydrogens (tertiary/aromatic N) is 2. The first-order valence-electron chi connectivity index (χ1n) is 4.42. The molecule has 0 N–H and O–H groups in total. The van der Waals surface area contributed by atoms with E-state index in [1.54, 1.807) is 0 Å². The highest BCUT2D eigenvalue weighted by Crippen LogP contribution is 2.21. The van der Waals surface area contributed by atoms with E-state index in [2.05, 4.69) is 37.7 Å². The smallest absolute Gasteiger partial charge is 0.0854 e. The monoisotopic (exact) mass is 154 g/mol. The van der Waals surface area contributed by atoms with Gasteiger partial charge in [0, 0.05) is 7.05 Å². The van der Waals surface area contributed by atoms with Crippen LogP contribution in [0.25, 0.3) is 0 Å². The summed E-state index contributed by atoms with van der Waals surface area (Å²) < 4.78 is 0. The van der Waals surface area contributed by atoms with E-state index >= 15 is 0 Å². The maximum Gasteiger partial charge on any atom is 0.0854 e. The molecule has 0 aromatic heterocycles. The minimum absolute atomic E-state index is 0.528. The van der Waals surface area contributed by atoms with E-state index < -0.39 is 0 Å². The molecular weight excluding hydrogens is 136 g/mol. The molecule has 0 amide bonds. The van der Waals surface area contributed by atoms with Crippen molar-refractivity contribution in [2.45, 2.75) is 39.3 Å². The van der Waals surface area contributed by atoms with E-state index in [-0.39, 0.29) is 0 Å². The van der Waals surface area contributed by atoms with Crippen LogP contribution in [-0.4, -0.2) is 30.4 Å². The van der Waals surface area contributed by atoms with Gasteiger partial charge < -0.3 is 4.90 Å². The number of aliphatic imine (C=N–C) groups is 1. The van der Waals surface area contributed by atoms with Crippen molar-refractivity contribution in [1.29, 1.82) is 0 Å². The quantitative estimate of drug-likeness (QED) is 0.592. The number of likely N-dealkylation sites (N-methyl/N-ethyl adjacent to an activating group) is 1. The van der Waals surface area contributed by atoms with E-state index in [0.717, 1.165) is 6.42 Å². The number of rotatable bonds is 2. The predicted molar refractivity (Wildman–Crippen MR) is 49.0 cm³/mol. The van der Waals surface area contributed by atoms with Gasteiger partial charge in [-0.25, -0.2) is 0 Å². The van der Waals surface area contributed by atoms with Gasteiger partial charge in [0.1, 0.15) is 0 Å². The normalized spacial score (nSPS) is 30.5. The lowest BCUT2D eigenvalue weighted by molar-refractivity contribution is 0.273. The first kappa shape index (κ1) is 8.57. The zero-order valence-electron chi connectivity index (χ0n) is 7.91. The minimum atomic E-state index is 0.528. The van der Waals surface area contributed by atoms with Crippen LogP contribution in [0.15, 0.2) is 4.99 Å². The Bertz CT molecular complexity index is 152. The molecule has 0 saturated carbocycles. The Kier molecular flexibility index (Phi) is 2.53. The van der Waals surface area contributed by atoms with Crippen molar-refractivity contribution in [3.63, 3.8) is 0 Å². The standard InChI is InChI=1S/C9H18N2/c1-5-8-9(7(2)3)11(4)6-10-8/h6-9H,5H2,1-4H3. The van der Waals surface area contributed by atoms with Crippen LogP contribution in [0.4, 0.5) is 0 Å². The van der Waals surface area contributed by atoms with Gasteiger partial charge in [-0.1, -0.05) is 20.8 Å². The largest absolute Gasteiger partial charge is 0.361 e. The summed E-state index contributed by atoms with van der Waals surface area (Å²) in [5.41, 5.74) is 0. The second-order valence-corrected chi connectivity index (χ2v) is 3.64. The van der Waals surface area contributed by atoms with Crippen molar-refractivity contribution in [3.05, 3.63) is 0 Å². The van der Waals surface area contributed by atoms with Gasteiger partial charge in [-0.05, 0) is 12.3 Å². The zero-order chi connectivity index (χ0) is 8.43. The molecule has 11 heavy (non-hydrogen) atoms. The molecule has 1 aliphatic heterocycles. The third-order valence-corrected chi connectivity index (χ3v) is 2.41. The molecule has 1 rings (SSSR count). The Morgan fingerprint density at radius 2 is 2.18 bits per heavy atom. The molecule has 0 aromatic carbocycles. The fourth-order valence-electron chi connectivity index (χ4n) is 1.89. The molecule has 2 nitrogen and oxygen atoms in total. The Balaban J connectivity index is 2.62. The molecular formula is C9H18N2. The van der Waals surface area contributed by atoms with Crippen molar-refractivity contribution >= 4 is 6.34 Å². The van der Waals surface area contributed by atoms with Gasteiger partial charge in [0.05, 0.1) is 18.4 Å². The Hall–Kier alpha value is -0.530. The first-order valence-corrected chi connectivity index (χ1v) is 4.42. The topological polar surface area (TPSA) is 15.6 Å². The third kappa shape index (κ3) is 1.55. The third-order valence-electron chi connectivity index (χ3n) is 2.41. The highest BCUT2D eigenvalue weighted by molar-refractivity contribution is 5.58. The van der Waals surface area contributed by atoms with Crippen LogP contribution in [0, 0.1) is 5.92 Å². The van der Waals surface area contributed by atoms with E-state index in [4.69, 9.17) is 0 Å². The van der Waals surface area contributed by atoms with Gasteiger partial charge in [0.15, 0.2) is 0 Å². The van der Waals surface area contributed by atoms with E-state index in [9.17, 15) is 0 Å². The van der Waals surface area contributed by atoms with E-state index in [1.807, 2.05) is 6.34 Å². The molecule has 1 aliphatic rings. The first-order chi connectivity index (χ1) is 5.16. The van der Waals surface area contributed by atoms with Crippen LogP contribution >= 0.6 is 0 Å². The maximum absolute atomic E-state index is 4.44. The summed E-state index contributed by atoms with van der Waals surface area (Å²) in [6.07, 6.45) is 3.13. The summed E-state index contributed by atoms with van der Waals surface area (Å²) >= 11 is 0. The fourth-order valence-corrected chi connectivity index (χ4v) is 1.89. The molecule has 0 bridgehead atoms. The summed E-state index contributed by atoms with van der Waals surface area (Å²) in [6, 6.07) is 1.15. The van der Waals surface area contributed by atoms with Gasteiger partial charge in [-0.2, -0.15) is 0 Å². The van der Waals surface area contributed by atoms with E-state index in [1.165, 1.54) is 0 Å².